The number of benzene rings is 1. The highest BCUT2D eigenvalue weighted by Gasteiger charge is 2.12. The summed E-state index contributed by atoms with van der Waals surface area (Å²) in [4.78, 5) is 16.5. The molecule has 0 N–H and O–H groups in total. The van der Waals surface area contributed by atoms with E-state index < -0.39 is 0 Å². The van der Waals surface area contributed by atoms with Crippen LogP contribution in [0.4, 0.5) is 0 Å². The van der Waals surface area contributed by atoms with Crippen LogP contribution >= 0.6 is 0 Å². The minimum absolute atomic E-state index is 0.143. The first-order chi connectivity index (χ1) is 9.25. The molecule has 0 aliphatic heterocycles. The largest absolute Gasteiger partial charge is 0.465 e. The van der Waals surface area contributed by atoms with Gasteiger partial charge in [0.25, 0.3) is 0 Å². The highest BCUT2D eigenvalue weighted by atomic mass is 16.3. The molecule has 2 aromatic heterocycles. The van der Waals surface area contributed by atoms with Crippen LogP contribution < -0.4 is 0 Å². The molecule has 0 bridgehead atoms. The molecule has 4 heteroatoms. The maximum absolute atomic E-state index is 12.1. The van der Waals surface area contributed by atoms with Crippen molar-refractivity contribution in [1.29, 1.82) is 0 Å². The number of fused-ring (bicyclic) bond motifs is 1. The molecule has 0 aliphatic carbocycles. The first-order valence-electron chi connectivity index (χ1n) is 5.93. The molecule has 2 heterocycles. The van der Waals surface area contributed by atoms with Crippen molar-refractivity contribution in [2.75, 3.05) is 0 Å². The Morgan fingerprint density at radius 2 is 2.11 bits per heavy atom. The highest BCUT2D eigenvalue weighted by molar-refractivity contribution is 6.06. The standard InChI is InChI=1S/C15H12N2O2/c1-17-13-7-3-2-6-12(13)16-15(17)14(18)9-8-11-5-4-10-19-11/h2-10H,1H3/b9-8+. The summed E-state index contributed by atoms with van der Waals surface area (Å²) in [5.74, 6) is 0.922. The molecule has 0 unspecified atom stereocenters. The third-order valence-electron chi connectivity index (χ3n) is 2.95. The van der Waals surface area contributed by atoms with Crippen molar-refractivity contribution in [1.82, 2.24) is 9.55 Å². The third kappa shape index (κ3) is 2.08. The lowest BCUT2D eigenvalue weighted by Gasteiger charge is -1.97. The first-order valence-corrected chi connectivity index (χ1v) is 5.93. The Labute approximate surface area is 110 Å². The smallest absolute Gasteiger partial charge is 0.221 e. The van der Waals surface area contributed by atoms with Gasteiger partial charge in [0, 0.05) is 7.05 Å². The molecule has 0 amide bonds. The van der Waals surface area contributed by atoms with Crippen LogP contribution in [0.3, 0.4) is 0 Å². The molecule has 0 saturated carbocycles. The molecule has 3 aromatic rings. The summed E-state index contributed by atoms with van der Waals surface area (Å²) in [5.41, 5.74) is 1.76. The quantitative estimate of drug-likeness (QED) is 0.531. The number of hydrogen-bond acceptors (Lipinski definition) is 3. The fourth-order valence-electron chi connectivity index (χ4n) is 1.98. The van der Waals surface area contributed by atoms with Crippen molar-refractivity contribution in [2.24, 2.45) is 7.05 Å². The predicted molar refractivity (Wildman–Crippen MR) is 72.8 cm³/mol. The number of furan rings is 1. The second-order valence-electron chi connectivity index (χ2n) is 4.20. The van der Waals surface area contributed by atoms with Crippen molar-refractivity contribution in [2.45, 2.75) is 0 Å². The van der Waals surface area contributed by atoms with Gasteiger partial charge in [0.05, 0.1) is 17.3 Å². The third-order valence-corrected chi connectivity index (χ3v) is 2.95. The Hall–Kier alpha value is -2.62. The number of carbonyl (C=O) groups is 1. The van der Waals surface area contributed by atoms with E-state index >= 15 is 0 Å². The monoisotopic (exact) mass is 252 g/mol. The van der Waals surface area contributed by atoms with Crippen LogP contribution in [-0.4, -0.2) is 15.3 Å². The zero-order valence-corrected chi connectivity index (χ0v) is 10.4. The van der Waals surface area contributed by atoms with Crippen LogP contribution in [0.25, 0.3) is 17.1 Å². The van der Waals surface area contributed by atoms with E-state index in [-0.39, 0.29) is 5.78 Å². The zero-order valence-electron chi connectivity index (χ0n) is 10.4. The molecule has 0 spiro atoms. The van der Waals surface area contributed by atoms with Crippen molar-refractivity contribution >= 4 is 22.9 Å². The molecule has 0 radical (unpaired) electrons. The number of aryl methyl sites for hydroxylation is 1. The van der Waals surface area contributed by atoms with Gasteiger partial charge in [0.1, 0.15) is 5.76 Å². The number of aromatic nitrogens is 2. The molecule has 0 saturated heterocycles. The zero-order chi connectivity index (χ0) is 13.2. The normalized spacial score (nSPS) is 11.4. The number of rotatable bonds is 3. The Morgan fingerprint density at radius 3 is 2.84 bits per heavy atom. The lowest BCUT2D eigenvalue weighted by molar-refractivity contribution is 0.103. The minimum Gasteiger partial charge on any atom is -0.465 e. The minimum atomic E-state index is -0.143. The molecular formula is C15H12N2O2. The molecule has 94 valence electrons. The van der Waals surface area contributed by atoms with E-state index in [9.17, 15) is 4.79 Å². The van der Waals surface area contributed by atoms with Crippen LogP contribution in [-0.2, 0) is 7.05 Å². The van der Waals surface area contributed by atoms with Gasteiger partial charge in [0.15, 0.2) is 5.82 Å². The number of para-hydroxylation sites is 2. The maximum Gasteiger partial charge on any atom is 0.221 e. The van der Waals surface area contributed by atoms with Crippen LogP contribution in [0.5, 0.6) is 0 Å². The molecule has 4 nitrogen and oxygen atoms in total. The Morgan fingerprint density at radius 1 is 1.26 bits per heavy atom. The van der Waals surface area contributed by atoms with Crippen LogP contribution in [0.1, 0.15) is 16.4 Å². The van der Waals surface area contributed by atoms with Gasteiger partial charge in [-0.1, -0.05) is 12.1 Å². The van der Waals surface area contributed by atoms with Crippen LogP contribution in [0.15, 0.2) is 53.2 Å². The number of allylic oxidation sites excluding steroid dienone is 1. The molecule has 0 atom stereocenters. The van der Waals surface area contributed by atoms with Crippen LogP contribution in [0.2, 0.25) is 0 Å². The Bertz CT molecular complexity index is 752. The van der Waals surface area contributed by atoms with Crippen molar-refractivity contribution in [3.8, 4) is 0 Å². The molecule has 1 aromatic carbocycles. The second kappa shape index (κ2) is 4.57. The lowest BCUT2D eigenvalue weighted by Crippen LogP contribution is -2.04. The van der Waals surface area contributed by atoms with E-state index in [0.29, 0.717) is 11.6 Å². The number of carbonyl (C=O) groups excluding carboxylic acids is 1. The van der Waals surface area contributed by atoms with E-state index in [4.69, 9.17) is 4.42 Å². The summed E-state index contributed by atoms with van der Waals surface area (Å²) in [6.45, 7) is 0. The SMILES string of the molecule is Cn1c(C(=O)/C=C/c2ccco2)nc2ccccc21. The van der Waals surface area contributed by atoms with Gasteiger partial charge in [-0.25, -0.2) is 4.98 Å². The number of imidazole rings is 1. The van der Waals surface area contributed by atoms with E-state index in [1.54, 1.807) is 29.0 Å². The van der Waals surface area contributed by atoms with Gasteiger partial charge in [-0.2, -0.15) is 0 Å². The van der Waals surface area contributed by atoms with Crippen molar-refractivity contribution < 1.29 is 9.21 Å². The fraction of sp³-hybridized carbons (Fsp3) is 0.0667. The first kappa shape index (κ1) is 11.5. The highest BCUT2D eigenvalue weighted by Crippen LogP contribution is 2.15. The van der Waals surface area contributed by atoms with Crippen LogP contribution in [0, 0.1) is 0 Å². The predicted octanol–water partition coefficient (Wildman–Crippen LogP) is 3.06. The average molecular weight is 252 g/mol. The molecule has 19 heavy (non-hydrogen) atoms. The molecule has 0 aliphatic rings. The Kier molecular flexibility index (Phi) is 2.76. The van der Waals surface area contributed by atoms with Gasteiger partial charge in [-0.3, -0.25) is 4.79 Å². The number of hydrogen-bond donors (Lipinski definition) is 0. The van der Waals surface area contributed by atoms with E-state index in [1.165, 1.54) is 6.08 Å². The van der Waals surface area contributed by atoms with Gasteiger partial charge >= 0.3 is 0 Å². The second-order valence-corrected chi connectivity index (χ2v) is 4.20. The summed E-state index contributed by atoms with van der Waals surface area (Å²) >= 11 is 0. The van der Waals surface area contributed by atoms with Gasteiger partial charge < -0.3 is 8.98 Å². The lowest BCUT2D eigenvalue weighted by atomic mass is 10.3. The molecule has 3 rings (SSSR count). The van der Waals surface area contributed by atoms with Gasteiger partial charge in [-0.15, -0.1) is 0 Å². The average Bonchev–Trinajstić information content (AvgIpc) is 3.05. The Balaban J connectivity index is 1.96. The molecule has 0 fully saturated rings. The van der Waals surface area contributed by atoms with E-state index in [1.807, 2.05) is 31.3 Å². The van der Waals surface area contributed by atoms with Gasteiger partial charge in [0.2, 0.25) is 5.78 Å². The fourth-order valence-corrected chi connectivity index (χ4v) is 1.98. The van der Waals surface area contributed by atoms with E-state index in [2.05, 4.69) is 4.98 Å². The number of ketones is 1. The summed E-state index contributed by atoms with van der Waals surface area (Å²) < 4.78 is 6.94. The molecular weight excluding hydrogens is 240 g/mol. The van der Waals surface area contributed by atoms with Crippen molar-refractivity contribution in [3.05, 3.63) is 60.3 Å². The summed E-state index contributed by atoms with van der Waals surface area (Å²) in [6, 6.07) is 11.2. The summed E-state index contributed by atoms with van der Waals surface area (Å²) in [7, 11) is 1.84. The number of nitrogens with zero attached hydrogens (tertiary/aromatic N) is 2. The van der Waals surface area contributed by atoms with Crippen molar-refractivity contribution in [3.63, 3.8) is 0 Å². The van der Waals surface area contributed by atoms with Gasteiger partial charge in [-0.05, 0) is 36.4 Å². The topological polar surface area (TPSA) is 48.0 Å². The maximum atomic E-state index is 12.1. The summed E-state index contributed by atoms with van der Waals surface area (Å²) in [5, 5.41) is 0. The van der Waals surface area contributed by atoms with E-state index in [0.717, 1.165) is 11.0 Å². The summed E-state index contributed by atoms with van der Waals surface area (Å²) in [6.07, 6.45) is 4.68.